The fourth-order valence-electron chi connectivity index (χ4n) is 3.65. The van der Waals surface area contributed by atoms with E-state index in [4.69, 9.17) is 4.74 Å². The third-order valence-electron chi connectivity index (χ3n) is 4.83. The van der Waals surface area contributed by atoms with Crippen LogP contribution < -0.4 is 0 Å². The molecule has 2 atom stereocenters. The maximum atomic E-state index is 12.6. The number of pyridine rings is 1. The second-order valence-electron chi connectivity index (χ2n) is 6.26. The van der Waals surface area contributed by atoms with Gasteiger partial charge < -0.3 is 9.64 Å². The number of ether oxygens (including phenoxy) is 1. The quantitative estimate of drug-likeness (QED) is 0.871. The molecular formula is C19H20N2O2. The molecule has 4 heteroatoms. The van der Waals surface area contributed by atoms with E-state index in [1.165, 1.54) is 5.56 Å². The molecule has 1 aromatic heterocycles. The van der Waals surface area contributed by atoms with Gasteiger partial charge in [-0.05, 0) is 37.0 Å². The molecule has 0 N–H and O–H groups in total. The summed E-state index contributed by atoms with van der Waals surface area (Å²) in [5.41, 5.74) is 2.82. The summed E-state index contributed by atoms with van der Waals surface area (Å²) in [6.45, 7) is 1.22. The molecular weight excluding hydrogens is 288 g/mol. The lowest BCUT2D eigenvalue weighted by Gasteiger charge is -2.29. The summed E-state index contributed by atoms with van der Waals surface area (Å²) in [4.78, 5) is 18.9. The summed E-state index contributed by atoms with van der Waals surface area (Å²) in [6, 6.07) is 14.1. The Kier molecular flexibility index (Phi) is 3.83. The highest BCUT2D eigenvalue weighted by Crippen LogP contribution is 2.33. The molecule has 1 saturated carbocycles. The van der Waals surface area contributed by atoms with E-state index in [2.05, 4.69) is 17.1 Å². The highest BCUT2D eigenvalue weighted by molar-refractivity contribution is 5.98. The van der Waals surface area contributed by atoms with Gasteiger partial charge in [-0.25, -0.2) is 0 Å². The van der Waals surface area contributed by atoms with Gasteiger partial charge in [-0.15, -0.1) is 0 Å². The minimum atomic E-state index is 0.105. The lowest BCUT2D eigenvalue weighted by Crippen LogP contribution is -2.41. The number of fused-ring (bicyclic) bond motifs is 1. The van der Waals surface area contributed by atoms with Gasteiger partial charge in [0.2, 0.25) is 0 Å². The maximum absolute atomic E-state index is 12.6. The monoisotopic (exact) mass is 308 g/mol. The molecule has 1 fully saturated rings. The number of hydrogen-bond donors (Lipinski definition) is 0. The predicted octanol–water partition coefficient (Wildman–Crippen LogP) is 3.18. The molecule has 2 aromatic rings. The largest absolute Gasteiger partial charge is 0.371 e. The molecule has 0 bridgehead atoms. The van der Waals surface area contributed by atoms with Crippen LogP contribution in [0.15, 0.2) is 48.7 Å². The standard InChI is InChI=1S/C19H20N2O2/c22-19-15-8-5-11-20-16(15)12-21(19)17-9-4-10-18(17)23-13-14-6-2-1-3-7-14/h1-3,5-8,11,17-18H,4,9-10,12-13H2/t17-,18-/m1/s1. The second kappa shape index (κ2) is 6.13. The molecule has 2 aliphatic rings. The Bertz CT molecular complexity index is 702. The van der Waals surface area contributed by atoms with E-state index < -0.39 is 0 Å². The first-order chi connectivity index (χ1) is 11.3. The van der Waals surface area contributed by atoms with Crippen molar-refractivity contribution in [2.45, 2.75) is 44.6 Å². The Labute approximate surface area is 136 Å². The zero-order valence-corrected chi connectivity index (χ0v) is 13.0. The van der Waals surface area contributed by atoms with Crippen molar-refractivity contribution >= 4 is 5.91 Å². The van der Waals surface area contributed by atoms with E-state index >= 15 is 0 Å². The Morgan fingerprint density at radius 1 is 1.13 bits per heavy atom. The Morgan fingerprint density at radius 2 is 2.00 bits per heavy atom. The normalized spacial score (nSPS) is 23.3. The molecule has 0 spiro atoms. The van der Waals surface area contributed by atoms with E-state index in [0.717, 1.165) is 30.5 Å². The van der Waals surface area contributed by atoms with Gasteiger partial charge in [-0.1, -0.05) is 30.3 Å². The Hall–Kier alpha value is -2.20. The molecule has 1 aliphatic heterocycles. The number of benzene rings is 1. The number of carbonyl (C=O) groups is 1. The Morgan fingerprint density at radius 3 is 2.83 bits per heavy atom. The summed E-state index contributed by atoms with van der Waals surface area (Å²) in [5, 5.41) is 0. The fraction of sp³-hybridized carbons (Fsp3) is 0.368. The van der Waals surface area contributed by atoms with Gasteiger partial charge in [0.05, 0.1) is 36.6 Å². The summed E-state index contributed by atoms with van der Waals surface area (Å²) in [6.07, 6.45) is 5.02. The first kappa shape index (κ1) is 14.4. The van der Waals surface area contributed by atoms with Gasteiger partial charge in [0, 0.05) is 6.20 Å². The SMILES string of the molecule is O=C1c2cccnc2CN1[C@@H]1CCC[C@H]1OCc1ccccc1. The van der Waals surface area contributed by atoms with Crippen molar-refractivity contribution in [1.29, 1.82) is 0 Å². The van der Waals surface area contributed by atoms with Crippen LogP contribution in [0.4, 0.5) is 0 Å². The molecule has 4 nitrogen and oxygen atoms in total. The molecule has 0 saturated heterocycles. The van der Waals surface area contributed by atoms with Crippen molar-refractivity contribution in [2.75, 3.05) is 0 Å². The van der Waals surface area contributed by atoms with E-state index in [9.17, 15) is 4.79 Å². The summed E-state index contributed by atoms with van der Waals surface area (Å²) < 4.78 is 6.15. The zero-order chi connectivity index (χ0) is 15.6. The van der Waals surface area contributed by atoms with Crippen LogP contribution in [0.25, 0.3) is 0 Å². The first-order valence-corrected chi connectivity index (χ1v) is 8.23. The van der Waals surface area contributed by atoms with Crippen LogP contribution in [0.3, 0.4) is 0 Å². The topological polar surface area (TPSA) is 42.4 Å². The Balaban J connectivity index is 1.45. The van der Waals surface area contributed by atoms with E-state index in [1.807, 2.05) is 35.2 Å². The number of carbonyl (C=O) groups excluding carboxylic acids is 1. The van der Waals surface area contributed by atoms with Crippen molar-refractivity contribution in [3.05, 3.63) is 65.5 Å². The average Bonchev–Trinajstić information content (AvgIpc) is 3.19. The molecule has 1 amide bonds. The molecule has 0 unspecified atom stereocenters. The molecule has 0 radical (unpaired) electrons. The van der Waals surface area contributed by atoms with Crippen LogP contribution in [0.1, 0.15) is 40.9 Å². The van der Waals surface area contributed by atoms with Crippen LogP contribution >= 0.6 is 0 Å². The molecule has 118 valence electrons. The fourth-order valence-corrected chi connectivity index (χ4v) is 3.65. The van der Waals surface area contributed by atoms with Gasteiger partial charge >= 0.3 is 0 Å². The van der Waals surface area contributed by atoms with E-state index in [0.29, 0.717) is 13.2 Å². The van der Waals surface area contributed by atoms with Crippen molar-refractivity contribution < 1.29 is 9.53 Å². The van der Waals surface area contributed by atoms with Crippen LogP contribution in [-0.2, 0) is 17.9 Å². The number of hydrogen-bond acceptors (Lipinski definition) is 3. The van der Waals surface area contributed by atoms with Gasteiger partial charge in [0.25, 0.3) is 5.91 Å². The van der Waals surface area contributed by atoms with Gasteiger partial charge in [0.15, 0.2) is 0 Å². The van der Waals surface area contributed by atoms with Crippen molar-refractivity contribution in [3.8, 4) is 0 Å². The van der Waals surface area contributed by atoms with Crippen LogP contribution in [-0.4, -0.2) is 27.9 Å². The third-order valence-corrected chi connectivity index (χ3v) is 4.83. The number of aromatic nitrogens is 1. The molecule has 2 heterocycles. The highest BCUT2D eigenvalue weighted by Gasteiger charge is 2.40. The van der Waals surface area contributed by atoms with Crippen LogP contribution in [0.2, 0.25) is 0 Å². The van der Waals surface area contributed by atoms with Crippen LogP contribution in [0.5, 0.6) is 0 Å². The van der Waals surface area contributed by atoms with E-state index in [1.54, 1.807) is 6.20 Å². The van der Waals surface area contributed by atoms with Crippen molar-refractivity contribution in [3.63, 3.8) is 0 Å². The third kappa shape index (κ3) is 2.75. The smallest absolute Gasteiger partial charge is 0.256 e. The first-order valence-electron chi connectivity index (χ1n) is 8.23. The zero-order valence-electron chi connectivity index (χ0n) is 13.0. The highest BCUT2D eigenvalue weighted by atomic mass is 16.5. The average molecular weight is 308 g/mol. The minimum Gasteiger partial charge on any atom is -0.371 e. The molecule has 1 aliphatic carbocycles. The summed E-state index contributed by atoms with van der Waals surface area (Å²) >= 11 is 0. The van der Waals surface area contributed by atoms with Gasteiger partial charge in [-0.2, -0.15) is 0 Å². The van der Waals surface area contributed by atoms with Crippen molar-refractivity contribution in [2.24, 2.45) is 0 Å². The lowest BCUT2D eigenvalue weighted by molar-refractivity contribution is -0.00469. The number of amides is 1. The maximum Gasteiger partial charge on any atom is 0.256 e. The van der Waals surface area contributed by atoms with E-state index in [-0.39, 0.29) is 18.1 Å². The van der Waals surface area contributed by atoms with Crippen molar-refractivity contribution in [1.82, 2.24) is 9.88 Å². The predicted molar refractivity (Wildman–Crippen MR) is 86.8 cm³/mol. The van der Waals surface area contributed by atoms with Crippen LogP contribution in [0, 0.1) is 0 Å². The molecule has 1 aromatic carbocycles. The van der Waals surface area contributed by atoms with Gasteiger partial charge in [0.1, 0.15) is 0 Å². The van der Waals surface area contributed by atoms with Gasteiger partial charge in [-0.3, -0.25) is 9.78 Å². The lowest BCUT2D eigenvalue weighted by atomic mass is 10.1. The molecule has 4 rings (SSSR count). The number of nitrogens with zero attached hydrogens (tertiary/aromatic N) is 2. The summed E-state index contributed by atoms with van der Waals surface area (Å²) in [5.74, 6) is 0.105. The second-order valence-corrected chi connectivity index (χ2v) is 6.26. The minimum absolute atomic E-state index is 0.105. The molecule has 23 heavy (non-hydrogen) atoms. The number of rotatable bonds is 4. The summed E-state index contributed by atoms with van der Waals surface area (Å²) in [7, 11) is 0.